The Morgan fingerprint density at radius 2 is 0.855 bits per heavy atom. The standard InChI is InChI=1S/C59H116O8S2/c1-49(2)19-13-21-51(5)23-15-25-53(7)27-17-29-55(9)33-36-64-47-57(66-37-34-56(10)30-18-28-54(8)26-16-24-52(6)22-14-20-50(3)4)48-65-43-42-62-39-38-61-40-41-63-44-45-67-59(60)32-12-11-31-58-35-46-68-69-58/h49-58H,11-48H2,1-10H3/t51-,52-,53-,54-,55?,56?,57-,58?/m0/s1/i38D2,39D2,40D2,41D2,42D2,43D2,44D2,45D2. The van der Waals surface area contributed by atoms with Gasteiger partial charge in [-0.1, -0.05) is 213 Å². The van der Waals surface area contributed by atoms with Crippen molar-refractivity contribution in [2.24, 2.45) is 47.3 Å². The molecule has 0 bridgehead atoms. The molecule has 1 aliphatic heterocycles. The second-order valence-electron chi connectivity index (χ2n) is 21.6. The smallest absolute Gasteiger partial charge is 0.305 e. The Morgan fingerprint density at radius 3 is 1.29 bits per heavy atom. The van der Waals surface area contributed by atoms with Crippen LogP contribution in [0, 0.1) is 47.3 Å². The highest BCUT2D eigenvalue weighted by Gasteiger charge is 2.17. The molecule has 0 aliphatic carbocycles. The fourth-order valence-corrected chi connectivity index (χ4v) is 11.7. The molecule has 0 aromatic rings. The Bertz CT molecular complexity index is 1770. The maximum absolute atomic E-state index is 12.5. The van der Waals surface area contributed by atoms with Crippen LogP contribution in [0.3, 0.4) is 0 Å². The Kier molecular flexibility index (Phi) is 30.4. The number of carbonyl (C=O) groups excluding carboxylic acids is 1. The molecule has 0 saturated carbocycles. The number of hydrogen-bond acceptors (Lipinski definition) is 10. The van der Waals surface area contributed by atoms with Gasteiger partial charge in [0.05, 0.1) is 81.1 Å². The van der Waals surface area contributed by atoms with Crippen molar-refractivity contribution in [2.75, 3.05) is 84.7 Å². The number of hydrogen-bond donors (Lipinski definition) is 0. The quantitative estimate of drug-likeness (QED) is 0.0334. The van der Waals surface area contributed by atoms with E-state index in [0.717, 1.165) is 87.2 Å². The minimum absolute atomic E-state index is 0.0424. The summed E-state index contributed by atoms with van der Waals surface area (Å²) in [4.78, 5) is 12.5. The summed E-state index contributed by atoms with van der Waals surface area (Å²) in [6.45, 7) is -8.89. The van der Waals surface area contributed by atoms with Gasteiger partial charge in [-0.2, -0.15) is 0 Å². The van der Waals surface area contributed by atoms with Crippen LogP contribution in [0.5, 0.6) is 0 Å². The molecule has 0 radical (unpaired) electrons. The van der Waals surface area contributed by atoms with Crippen LogP contribution in [-0.4, -0.2) is 102 Å². The summed E-state index contributed by atoms with van der Waals surface area (Å²) in [6.07, 6.45) is 24.7. The van der Waals surface area contributed by atoms with E-state index in [2.05, 4.69) is 83.4 Å². The van der Waals surface area contributed by atoms with Gasteiger partial charge in [-0.15, -0.1) is 0 Å². The van der Waals surface area contributed by atoms with Gasteiger partial charge in [-0.3, -0.25) is 4.79 Å². The van der Waals surface area contributed by atoms with Crippen LogP contribution in [0.1, 0.15) is 252 Å². The van der Waals surface area contributed by atoms with E-state index in [9.17, 15) is 4.79 Å². The molecule has 69 heavy (non-hydrogen) atoms. The number of carbonyl (C=O) groups is 1. The highest BCUT2D eigenvalue weighted by Crippen LogP contribution is 2.40. The minimum atomic E-state index is -4.20. The molecule has 1 saturated heterocycles. The SMILES string of the molecule is [2H]C([2H])(OC[C@H](COCCC(C)CCC[C@@H](C)CCC[C@@H](C)CCCC(C)C)OCCC(C)CCC[C@@H](C)CCC[C@@H](C)CCCC(C)C)C([2H])([2H])OC([2H])([2H])C([2H])([2H])OC([2H])([2H])C([2H])([2H])OC([2H])([2H])C([2H])([2H])OC(=O)CCCCC1CCSS1. The average molecular weight is 1030 g/mol. The van der Waals surface area contributed by atoms with Gasteiger partial charge in [0.1, 0.15) is 12.7 Å². The first-order chi connectivity index (χ1) is 39.2. The summed E-state index contributed by atoms with van der Waals surface area (Å²) in [6, 6.07) is 0. The molecule has 412 valence electrons. The highest BCUT2D eigenvalue weighted by molar-refractivity contribution is 8.77. The lowest BCUT2D eigenvalue weighted by Gasteiger charge is -2.21. The second kappa shape index (κ2) is 47.6. The zero-order valence-corrected chi connectivity index (χ0v) is 47.2. The Balaban J connectivity index is 2.97. The Morgan fingerprint density at radius 1 is 0.464 bits per heavy atom. The largest absolute Gasteiger partial charge is 0.463 e. The van der Waals surface area contributed by atoms with Crippen molar-refractivity contribution in [1.29, 1.82) is 0 Å². The van der Waals surface area contributed by atoms with Crippen molar-refractivity contribution in [3.05, 3.63) is 0 Å². The predicted molar refractivity (Wildman–Crippen MR) is 299 cm³/mol. The van der Waals surface area contributed by atoms with Crippen LogP contribution < -0.4 is 0 Å². The molecule has 0 aromatic heterocycles. The van der Waals surface area contributed by atoms with Gasteiger partial charge in [0.15, 0.2) is 0 Å². The third kappa shape index (κ3) is 46.2. The van der Waals surface area contributed by atoms with Gasteiger partial charge in [0.25, 0.3) is 0 Å². The van der Waals surface area contributed by atoms with Crippen molar-refractivity contribution < 1.29 is 59.9 Å². The first kappa shape index (κ1) is 44.1. The van der Waals surface area contributed by atoms with Crippen LogP contribution in [-0.2, 0) is 38.0 Å². The zero-order valence-electron chi connectivity index (χ0n) is 61.6. The van der Waals surface area contributed by atoms with Crippen molar-refractivity contribution in [3.63, 3.8) is 0 Å². The van der Waals surface area contributed by atoms with E-state index < -0.39 is 71.2 Å². The number of rotatable bonds is 52. The molecular formula is C59H116O8S2. The van der Waals surface area contributed by atoms with Gasteiger partial charge in [-0.25, -0.2) is 0 Å². The van der Waals surface area contributed by atoms with E-state index >= 15 is 0 Å². The topological polar surface area (TPSA) is 81.7 Å². The highest BCUT2D eigenvalue weighted by atomic mass is 33.1. The maximum Gasteiger partial charge on any atom is 0.305 e. The fourth-order valence-electron chi connectivity index (χ4n) is 8.65. The van der Waals surface area contributed by atoms with Crippen molar-refractivity contribution in [2.45, 2.75) is 241 Å². The molecule has 1 rings (SSSR count). The summed E-state index contributed by atoms with van der Waals surface area (Å²) < 4.78 is 168. The first-order valence-corrected chi connectivity index (χ1v) is 30.0. The third-order valence-electron chi connectivity index (χ3n) is 13.4. The van der Waals surface area contributed by atoms with Crippen LogP contribution in [0.25, 0.3) is 0 Å². The van der Waals surface area contributed by atoms with E-state index in [-0.39, 0.29) is 19.6 Å². The lowest BCUT2D eigenvalue weighted by molar-refractivity contribution is -0.145. The number of ether oxygens (including phenoxy) is 7. The van der Waals surface area contributed by atoms with Gasteiger partial charge >= 0.3 is 5.97 Å². The fraction of sp³-hybridized carbons (Fsp3) is 0.983. The van der Waals surface area contributed by atoms with E-state index in [0.29, 0.717) is 54.8 Å². The molecule has 3 unspecified atom stereocenters. The molecule has 0 spiro atoms. The van der Waals surface area contributed by atoms with E-state index in [1.807, 2.05) is 0 Å². The predicted octanol–water partition coefficient (Wildman–Crippen LogP) is 16.6. The summed E-state index contributed by atoms with van der Waals surface area (Å²) in [5.74, 6) is 4.83. The van der Waals surface area contributed by atoms with E-state index in [4.69, 9.17) is 40.9 Å². The maximum atomic E-state index is 12.5. The van der Waals surface area contributed by atoms with Crippen molar-refractivity contribution in [3.8, 4) is 0 Å². The minimum Gasteiger partial charge on any atom is -0.463 e. The summed E-state index contributed by atoms with van der Waals surface area (Å²) in [5.41, 5.74) is 0. The molecule has 0 amide bonds. The number of unbranched alkanes of at least 4 members (excludes halogenated alkanes) is 1. The summed E-state index contributed by atoms with van der Waals surface area (Å²) >= 11 is 0. The molecule has 8 atom stereocenters. The number of esters is 1. The van der Waals surface area contributed by atoms with E-state index in [1.165, 1.54) is 77.0 Å². The van der Waals surface area contributed by atoms with E-state index in [1.54, 1.807) is 21.6 Å². The lowest BCUT2D eigenvalue weighted by Crippen LogP contribution is -2.28. The molecule has 0 aromatic carbocycles. The summed E-state index contributed by atoms with van der Waals surface area (Å²) in [7, 11) is 3.50. The van der Waals surface area contributed by atoms with Crippen LogP contribution in [0.2, 0.25) is 0 Å². The lowest BCUT2D eigenvalue weighted by atomic mass is 9.91. The third-order valence-corrected chi connectivity index (χ3v) is 16.4. The summed E-state index contributed by atoms with van der Waals surface area (Å²) in [5, 5.41) is 0.420. The van der Waals surface area contributed by atoms with Crippen molar-refractivity contribution in [1.82, 2.24) is 0 Å². The van der Waals surface area contributed by atoms with Gasteiger partial charge < -0.3 is 33.2 Å². The molecular weight excluding hydrogens is 901 g/mol. The van der Waals surface area contributed by atoms with Crippen LogP contribution in [0.4, 0.5) is 0 Å². The first-order valence-electron chi connectivity index (χ1n) is 35.6. The average Bonchev–Trinajstić information content (AvgIpc) is 1.80. The molecule has 1 aliphatic rings. The Hall–Kier alpha value is -0.0700. The van der Waals surface area contributed by atoms with Gasteiger partial charge in [0.2, 0.25) is 0 Å². The van der Waals surface area contributed by atoms with Crippen LogP contribution >= 0.6 is 21.6 Å². The molecule has 1 heterocycles. The van der Waals surface area contributed by atoms with Gasteiger partial charge in [-0.05, 0) is 79.4 Å². The molecule has 1 fully saturated rings. The van der Waals surface area contributed by atoms with Gasteiger partial charge in [0, 0.05) is 30.6 Å². The normalized spacial score (nSPS) is 22.5. The molecule has 8 nitrogen and oxygen atoms in total. The molecule has 10 heteroatoms. The second-order valence-corrected chi connectivity index (χ2v) is 24.4. The van der Waals surface area contributed by atoms with Crippen LogP contribution in [0.15, 0.2) is 0 Å². The monoisotopic (exact) mass is 1030 g/mol. The Labute approximate surface area is 459 Å². The zero-order chi connectivity index (χ0) is 64.9. The van der Waals surface area contributed by atoms with Crippen molar-refractivity contribution >= 4 is 27.6 Å². The molecule has 0 N–H and O–H groups in total.